The van der Waals surface area contributed by atoms with Crippen LogP contribution in [0.4, 0.5) is 4.39 Å². The van der Waals surface area contributed by atoms with Crippen molar-refractivity contribution >= 4 is 22.8 Å². The lowest BCUT2D eigenvalue weighted by Gasteiger charge is -2.16. The molecule has 0 radical (unpaired) electrons. The highest BCUT2D eigenvalue weighted by Gasteiger charge is 2.27. The first-order valence-corrected chi connectivity index (χ1v) is 10.5. The number of benzene rings is 1. The van der Waals surface area contributed by atoms with Crippen LogP contribution in [-0.4, -0.2) is 29.7 Å². The number of hydrogen-bond donors (Lipinski definition) is 0. The molecular weight excluding hydrogens is 403 g/mol. The van der Waals surface area contributed by atoms with Crippen LogP contribution in [0.1, 0.15) is 68.3 Å². The molecular formula is C23H27FN2O5. The molecule has 0 aliphatic heterocycles. The van der Waals surface area contributed by atoms with E-state index in [0.717, 1.165) is 31.7 Å². The van der Waals surface area contributed by atoms with E-state index in [1.165, 1.54) is 12.3 Å². The number of rotatable bonds is 10. The number of hydrogen-bond acceptors (Lipinski definition) is 6. The van der Waals surface area contributed by atoms with Gasteiger partial charge in [0.2, 0.25) is 5.43 Å². The Morgan fingerprint density at radius 1 is 1.13 bits per heavy atom. The Hall–Kier alpha value is -3.21. The summed E-state index contributed by atoms with van der Waals surface area (Å²) in [4.78, 5) is 37.3. The fourth-order valence-corrected chi connectivity index (χ4v) is 3.37. The predicted octanol–water partition coefficient (Wildman–Crippen LogP) is 4.07. The van der Waals surface area contributed by atoms with Crippen LogP contribution in [0, 0.1) is 17.1 Å². The normalized spacial score (nSPS) is 11.7. The average Bonchev–Trinajstić information content (AvgIpc) is 2.74. The maximum atomic E-state index is 14.9. The summed E-state index contributed by atoms with van der Waals surface area (Å²) in [7, 11) is 0. The lowest BCUT2D eigenvalue weighted by Crippen LogP contribution is -2.22. The molecule has 0 saturated heterocycles. The number of pyridine rings is 1. The molecule has 0 fully saturated rings. The summed E-state index contributed by atoms with van der Waals surface area (Å²) in [5.41, 5.74) is -0.665. The molecule has 166 valence electrons. The molecule has 1 heterocycles. The Labute approximate surface area is 180 Å². The first kappa shape index (κ1) is 24.1. The standard InChI is InChI=1S/C23H27FN2O5/c1-4-7-8-9-10-26-14-18(23(29)31-6-3)21(27)16-11-19(24)15(12-20(16)26)17(13-25)22(28)30-5-2/h11-12,14,17H,4-10H2,1-3H3. The number of nitrogens with zero attached hydrogens (tertiary/aromatic N) is 2. The Balaban J connectivity index is 2.68. The fraction of sp³-hybridized carbons (Fsp3) is 0.478. The Kier molecular flexibility index (Phi) is 8.74. The molecule has 1 aromatic heterocycles. The van der Waals surface area contributed by atoms with Crippen LogP contribution in [0.15, 0.2) is 23.1 Å². The van der Waals surface area contributed by atoms with Gasteiger partial charge in [-0.25, -0.2) is 9.18 Å². The highest BCUT2D eigenvalue weighted by atomic mass is 19.1. The van der Waals surface area contributed by atoms with Crippen molar-refractivity contribution < 1.29 is 23.5 Å². The third kappa shape index (κ3) is 5.48. The summed E-state index contributed by atoms with van der Waals surface area (Å²) >= 11 is 0. The van der Waals surface area contributed by atoms with Crippen LogP contribution < -0.4 is 5.43 Å². The zero-order valence-electron chi connectivity index (χ0n) is 18.1. The summed E-state index contributed by atoms with van der Waals surface area (Å²) in [6, 6.07) is 4.07. The fourth-order valence-electron chi connectivity index (χ4n) is 3.37. The number of aromatic nitrogens is 1. The van der Waals surface area contributed by atoms with Crippen LogP contribution in [-0.2, 0) is 20.8 Å². The van der Waals surface area contributed by atoms with Gasteiger partial charge in [-0.2, -0.15) is 5.26 Å². The van der Waals surface area contributed by atoms with Crippen LogP contribution >= 0.6 is 0 Å². The summed E-state index contributed by atoms with van der Waals surface area (Å²) in [5, 5.41) is 9.41. The largest absolute Gasteiger partial charge is 0.465 e. The lowest BCUT2D eigenvalue weighted by molar-refractivity contribution is -0.143. The van der Waals surface area contributed by atoms with Crippen LogP contribution in [0.25, 0.3) is 10.9 Å². The summed E-state index contributed by atoms with van der Waals surface area (Å²) in [6.45, 7) is 5.94. The monoisotopic (exact) mass is 430 g/mol. The molecule has 0 spiro atoms. The number of unbranched alkanes of at least 4 members (excludes halogenated alkanes) is 3. The summed E-state index contributed by atoms with van der Waals surface area (Å²) in [5.74, 6) is -3.98. The minimum absolute atomic E-state index is 0.0113. The van der Waals surface area contributed by atoms with E-state index in [1.54, 1.807) is 24.5 Å². The van der Waals surface area contributed by atoms with Crippen LogP contribution in [0.5, 0.6) is 0 Å². The minimum atomic E-state index is -1.46. The van der Waals surface area contributed by atoms with Crippen molar-refractivity contribution in [2.24, 2.45) is 0 Å². The Morgan fingerprint density at radius 3 is 2.45 bits per heavy atom. The SMILES string of the molecule is CCCCCCn1cc(C(=O)OCC)c(=O)c2cc(F)c(C(C#N)C(=O)OCC)cc21. The van der Waals surface area contributed by atoms with E-state index >= 15 is 0 Å². The number of carbonyl (C=O) groups excluding carboxylic acids is 2. The van der Waals surface area contributed by atoms with Crippen molar-refractivity contribution in [3.05, 3.63) is 45.5 Å². The molecule has 31 heavy (non-hydrogen) atoms. The van der Waals surface area contributed by atoms with Gasteiger partial charge >= 0.3 is 11.9 Å². The van der Waals surface area contributed by atoms with E-state index in [9.17, 15) is 24.0 Å². The second kappa shape index (κ2) is 11.3. The summed E-state index contributed by atoms with van der Waals surface area (Å²) < 4.78 is 26.4. The number of halogens is 1. The Bertz CT molecular complexity index is 1050. The number of fused-ring (bicyclic) bond motifs is 1. The zero-order valence-corrected chi connectivity index (χ0v) is 18.1. The maximum absolute atomic E-state index is 14.9. The molecule has 8 heteroatoms. The average molecular weight is 430 g/mol. The van der Waals surface area contributed by atoms with E-state index in [4.69, 9.17) is 9.47 Å². The Morgan fingerprint density at radius 2 is 1.84 bits per heavy atom. The van der Waals surface area contributed by atoms with E-state index in [0.29, 0.717) is 12.1 Å². The van der Waals surface area contributed by atoms with Gasteiger partial charge in [0.25, 0.3) is 0 Å². The van der Waals surface area contributed by atoms with Crippen molar-refractivity contribution in [2.75, 3.05) is 13.2 Å². The molecule has 7 nitrogen and oxygen atoms in total. The first-order chi connectivity index (χ1) is 14.9. The molecule has 2 rings (SSSR count). The first-order valence-electron chi connectivity index (χ1n) is 10.5. The van der Waals surface area contributed by atoms with Crippen molar-refractivity contribution in [1.29, 1.82) is 5.26 Å². The zero-order chi connectivity index (χ0) is 23.0. The third-order valence-corrected chi connectivity index (χ3v) is 4.91. The van der Waals surface area contributed by atoms with Gasteiger partial charge in [-0.15, -0.1) is 0 Å². The molecule has 0 aliphatic rings. The van der Waals surface area contributed by atoms with E-state index in [2.05, 4.69) is 6.92 Å². The van der Waals surface area contributed by atoms with Crippen molar-refractivity contribution in [3.63, 3.8) is 0 Å². The highest BCUT2D eigenvalue weighted by molar-refractivity contribution is 5.94. The quantitative estimate of drug-likeness (QED) is 0.416. The van der Waals surface area contributed by atoms with Gasteiger partial charge in [-0.3, -0.25) is 9.59 Å². The van der Waals surface area contributed by atoms with Gasteiger partial charge in [-0.05, 0) is 32.4 Å². The van der Waals surface area contributed by atoms with Crippen LogP contribution in [0.2, 0.25) is 0 Å². The van der Waals surface area contributed by atoms with E-state index in [1.807, 2.05) is 0 Å². The smallest absolute Gasteiger partial charge is 0.343 e. The minimum Gasteiger partial charge on any atom is -0.465 e. The number of carbonyl (C=O) groups is 2. The lowest BCUT2D eigenvalue weighted by atomic mass is 9.97. The topological polar surface area (TPSA) is 98.4 Å². The van der Waals surface area contributed by atoms with Crippen molar-refractivity contribution in [3.8, 4) is 6.07 Å². The number of aryl methyl sites for hydroxylation is 1. The predicted molar refractivity (Wildman–Crippen MR) is 113 cm³/mol. The molecule has 0 N–H and O–H groups in total. The second-order valence-electron chi connectivity index (χ2n) is 7.05. The number of nitriles is 1. The van der Waals surface area contributed by atoms with E-state index < -0.39 is 29.1 Å². The third-order valence-electron chi connectivity index (χ3n) is 4.91. The van der Waals surface area contributed by atoms with Gasteiger partial charge < -0.3 is 14.0 Å². The molecule has 0 bridgehead atoms. The van der Waals surface area contributed by atoms with Crippen molar-refractivity contribution in [1.82, 2.24) is 4.57 Å². The molecule has 0 aliphatic carbocycles. The highest BCUT2D eigenvalue weighted by Crippen LogP contribution is 2.26. The van der Waals surface area contributed by atoms with Gasteiger partial charge in [0.05, 0.1) is 24.8 Å². The molecule has 0 saturated carbocycles. The molecule has 0 amide bonds. The second-order valence-corrected chi connectivity index (χ2v) is 7.05. The van der Waals surface area contributed by atoms with Gasteiger partial charge in [0.1, 0.15) is 11.4 Å². The number of esters is 2. The van der Waals surface area contributed by atoms with Gasteiger partial charge in [0.15, 0.2) is 5.92 Å². The number of ether oxygens (including phenoxy) is 2. The molecule has 1 unspecified atom stereocenters. The van der Waals surface area contributed by atoms with Gasteiger partial charge in [-0.1, -0.05) is 26.2 Å². The molecule has 2 aromatic rings. The molecule has 1 aromatic carbocycles. The maximum Gasteiger partial charge on any atom is 0.343 e. The van der Waals surface area contributed by atoms with Crippen LogP contribution in [0.3, 0.4) is 0 Å². The van der Waals surface area contributed by atoms with Gasteiger partial charge in [0, 0.05) is 23.7 Å². The molecule has 1 atom stereocenters. The van der Waals surface area contributed by atoms with Crippen molar-refractivity contribution in [2.45, 2.75) is 58.9 Å². The summed E-state index contributed by atoms with van der Waals surface area (Å²) in [6.07, 6.45) is 5.19. The van der Waals surface area contributed by atoms with E-state index in [-0.39, 0.29) is 29.7 Å².